The Bertz CT molecular complexity index is 723. The van der Waals surface area contributed by atoms with Crippen LogP contribution in [0.5, 0.6) is 0 Å². The summed E-state index contributed by atoms with van der Waals surface area (Å²) in [7, 11) is 0. The Morgan fingerprint density at radius 3 is 2.48 bits per heavy atom. The summed E-state index contributed by atoms with van der Waals surface area (Å²) in [6.07, 6.45) is 0.552. The topological polar surface area (TPSA) is 46.3 Å². The van der Waals surface area contributed by atoms with E-state index in [4.69, 9.17) is 5.73 Å². The fourth-order valence-corrected chi connectivity index (χ4v) is 2.57. The zero-order chi connectivity index (χ0) is 15.1. The first-order chi connectivity index (χ1) is 9.99. The number of carbonyl (C=O) groups is 1. The minimum atomic E-state index is -1.22. The lowest BCUT2D eigenvalue weighted by atomic mass is 10.1. The van der Waals surface area contributed by atoms with E-state index in [0.29, 0.717) is 29.9 Å². The fourth-order valence-electron chi connectivity index (χ4n) is 2.57. The van der Waals surface area contributed by atoms with Crippen molar-refractivity contribution in [1.29, 1.82) is 0 Å². The third-order valence-electron chi connectivity index (χ3n) is 3.49. The van der Waals surface area contributed by atoms with Crippen LogP contribution < -0.4 is 10.6 Å². The van der Waals surface area contributed by atoms with Gasteiger partial charge in [0.2, 0.25) is 0 Å². The summed E-state index contributed by atoms with van der Waals surface area (Å²) in [5, 5.41) is 0. The van der Waals surface area contributed by atoms with Crippen LogP contribution in [0.4, 0.5) is 24.5 Å². The molecule has 2 aromatic carbocycles. The third-order valence-corrected chi connectivity index (χ3v) is 3.49. The molecule has 21 heavy (non-hydrogen) atoms. The third kappa shape index (κ3) is 2.12. The molecule has 1 aliphatic rings. The molecule has 1 heterocycles. The molecule has 1 aliphatic heterocycles. The second kappa shape index (κ2) is 4.80. The maximum atomic E-state index is 13.7. The van der Waals surface area contributed by atoms with E-state index in [0.717, 1.165) is 5.56 Å². The van der Waals surface area contributed by atoms with Crippen LogP contribution in [0.15, 0.2) is 30.3 Å². The van der Waals surface area contributed by atoms with E-state index in [1.54, 1.807) is 18.2 Å². The molecule has 108 valence electrons. The molecule has 0 atom stereocenters. The minimum absolute atomic E-state index is 0.276. The normalized spacial score (nSPS) is 13.4. The Balaban J connectivity index is 2.07. The molecule has 0 aliphatic carbocycles. The summed E-state index contributed by atoms with van der Waals surface area (Å²) in [5.41, 5.74) is 6.73. The maximum absolute atomic E-state index is 13.7. The first-order valence-electron chi connectivity index (χ1n) is 6.33. The number of nitrogen functional groups attached to an aromatic ring is 1. The molecule has 2 N–H and O–H groups in total. The smallest absolute Gasteiger partial charge is 0.264 e. The van der Waals surface area contributed by atoms with Crippen molar-refractivity contribution in [3.05, 3.63) is 58.9 Å². The lowest BCUT2D eigenvalue weighted by Crippen LogP contribution is -2.31. The summed E-state index contributed by atoms with van der Waals surface area (Å²) in [6.45, 7) is 0.276. The largest absolute Gasteiger partial charge is 0.397 e. The molecular weight excluding hydrogens is 281 g/mol. The van der Waals surface area contributed by atoms with Crippen LogP contribution in [-0.2, 0) is 6.42 Å². The predicted molar refractivity (Wildman–Crippen MR) is 72.6 cm³/mol. The summed E-state index contributed by atoms with van der Waals surface area (Å²) < 4.78 is 40.4. The number of nitrogens with two attached hydrogens (primary N) is 1. The Kier molecular flexibility index (Phi) is 3.08. The number of rotatable bonds is 1. The van der Waals surface area contributed by atoms with Crippen molar-refractivity contribution in [3.63, 3.8) is 0 Å². The van der Waals surface area contributed by atoms with Crippen molar-refractivity contribution in [3.8, 4) is 0 Å². The van der Waals surface area contributed by atoms with Crippen molar-refractivity contribution in [2.45, 2.75) is 6.42 Å². The zero-order valence-corrected chi connectivity index (χ0v) is 10.9. The molecule has 0 aromatic heterocycles. The standard InChI is InChI=1S/C15H11F3N2O/c16-9-6-10(17)13(11(18)7-9)15(21)20-5-4-8-2-1-3-12(19)14(8)20/h1-3,6-7H,4-5,19H2. The molecule has 1 amide bonds. The van der Waals surface area contributed by atoms with Crippen molar-refractivity contribution < 1.29 is 18.0 Å². The lowest BCUT2D eigenvalue weighted by molar-refractivity contribution is 0.0981. The number of nitrogens with zero attached hydrogens (tertiary/aromatic N) is 1. The summed E-state index contributed by atoms with van der Waals surface area (Å²) in [6, 6.07) is 6.14. The number of hydrogen-bond acceptors (Lipinski definition) is 2. The summed E-state index contributed by atoms with van der Waals surface area (Å²) >= 11 is 0. The van der Waals surface area contributed by atoms with Crippen molar-refractivity contribution in [2.75, 3.05) is 17.2 Å². The number of amides is 1. The maximum Gasteiger partial charge on any atom is 0.264 e. The molecule has 6 heteroatoms. The summed E-state index contributed by atoms with van der Waals surface area (Å²) in [5.74, 6) is -4.37. The zero-order valence-electron chi connectivity index (χ0n) is 10.9. The molecule has 2 aromatic rings. The van der Waals surface area contributed by atoms with Crippen LogP contribution in [-0.4, -0.2) is 12.5 Å². The number of carbonyl (C=O) groups excluding carboxylic acids is 1. The first-order valence-corrected chi connectivity index (χ1v) is 6.33. The lowest BCUT2D eigenvalue weighted by Gasteiger charge is -2.19. The van der Waals surface area contributed by atoms with E-state index >= 15 is 0 Å². The average Bonchev–Trinajstić information content (AvgIpc) is 2.82. The predicted octanol–water partition coefficient (Wildman–Crippen LogP) is 2.89. The van der Waals surface area contributed by atoms with Gasteiger partial charge in [-0.25, -0.2) is 13.2 Å². The molecule has 3 nitrogen and oxygen atoms in total. The van der Waals surface area contributed by atoms with E-state index < -0.39 is 28.9 Å². The van der Waals surface area contributed by atoms with E-state index in [1.807, 2.05) is 0 Å². The van der Waals surface area contributed by atoms with Crippen LogP contribution in [0.3, 0.4) is 0 Å². The number of benzene rings is 2. The number of anilines is 2. The Morgan fingerprint density at radius 2 is 1.81 bits per heavy atom. The van der Waals surface area contributed by atoms with Crippen molar-refractivity contribution in [1.82, 2.24) is 0 Å². The molecule has 3 rings (SSSR count). The number of para-hydroxylation sites is 1. The van der Waals surface area contributed by atoms with Gasteiger partial charge in [0.15, 0.2) is 0 Å². The fraction of sp³-hybridized carbons (Fsp3) is 0.133. The molecule has 0 saturated heterocycles. The second-order valence-corrected chi connectivity index (χ2v) is 4.81. The van der Waals surface area contributed by atoms with Gasteiger partial charge in [0, 0.05) is 18.7 Å². The highest BCUT2D eigenvalue weighted by Gasteiger charge is 2.31. The van der Waals surface area contributed by atoms with Gasteiger partial charge in [-0.3, -0.25) is 4.79 Å². The summed E-state index contributed by atoms with van der Waals surface area (Å²) in [4.78, 5) is 13.6. The monoisotopic (exact) mass is 292 g/mol. The minimum Gasteiger partial charge on any atom is -0.397 e. The van der Waals surface area contributed by atoms with Gasteiger partial charge < -0.3 is 10.6 Å². The highest BCUT2D eigenvalue weighted by molar-refractivity contribution is 6.09. The Labute approximate surface area is 118 Å². The number of hydrogen-bond donors (Lipinski definition) is 1. The van der Waals surface area contributed by atoms with Crippen molar-refractivity contribution >= 4 is 17.3 Å². The van der Waals surface area contributed by atoms with Gasteiger partial charge in [0.1, 0.15) is 23.0 Å². The molecular formula is C15H11F3N2O. The van der Waals surface area contributed by atoms with Gasteiger partial charge >= 0.3 is 0 Å². The Morgan fingerprint density at radius 1 is 1.14 bits per heavy atom. The highest BCUT2D eigenvalue weighted by atomic mass is 19.1. The molecule has 0 fully saturated rings. The van der Waals surface area contributed by atoms with E-state index in [1.165, 1.54) is 4.90 Å². The van der Waals surface area contributed by atoms with Crippen molar-refractivity contribution in [2.24, 2.45) is 0 Å². The van der Waals surface area contributed by atoms with Gasteiger partial charge in [0.05, 0.1) is 11.4 Å². The van der Waals surface area contributed by atoms with Gasteiger partial charge in [-0.05, 0) is 18.1 Å². The van der Waals surface area contributed by atoms with Gasteiger partial charge in [-0.2, -0.15) is 0 Å². The Hall–Kier alpha value is -2.50. The highest BCUT2D eigenvalue weighted by Crippen LogP contribution is 2.35. The van der Waals surface area contributed by atoms with Crippen LogP contribution in [0.25, 0.3) is 0 Å². The van der Waals surface area contributed by atoms with Crippen LogP contribution in [0, 0.1) is 17.5 Å². The van der Waals surface area contributed by atoms with Gasteiger partial charge in [0.25, 0.3) is 5.91 Å². The van der Waals surface area contributed by atoms with Crippen LogP contribution >= 0.6 is 0 Å². The van der Waals surface area contributed by atoms with E-state index in [9.17, 15) is 18.0 Å². The molecule has 0 bridgehead atoms. The first kappa shape index (κ1) is 13.5. The van der Waals surface area contributed by atoms with Gasteiger partial charge in [-0.15, -0.1) is 0 Å². The SMILES string of the molecule is Nc1cccc2c1N(C(=O)c1c(F)cc(F)cc1F)CC2. The molecule has 0 unspecified atom stereocenters. The van der Waals surface area contributed by atoms with Crippen LogP contribution in [0.2, 0.25) is 0 Å². The van der Waals surface area contributed by atoms with Gasteiger partial charge in [-0.1, -0.05) is 12.1 Å². The van der Waals surface area contributed by atoms with Crippen LogP contribution in [0.1, 0.15) is 15.9 Å². The molecule has 0 radical (unpaired) electrons. The second-order valence-electron chi connectivity index (χ2n) is 4.81. The molecule has 0 saturated carbocycles. The quantitative estimate of drug-likeness (QED) is 0.821. The molecule has 0 spiro atoms. The average molecular weight is 292 g/mol. The van der Waals surface area contributed by atoms with E-state index in [2.05, 4.69) is 0 Å². The number of fused-ring (bicyclic) bond motifs is 1. The number of halogens is 3. The van der Waals surface area contributed by atoms with E-state index in [-0.39, 0.29) is 6.54 Å².